The van der Waals surface area contributed by atoms with E-state index in [9.17, 15) is 4.79 Å². The van der Waals surface area contributed by atoms with Gasteiger partial charge < -0.3 is 15.4 Å². The molecule has 4 heteroatoms. The average molecular weight is 262 g/mol. The molecule has 1 aliphatic heterocycles. The smallest absolute Gasteiger partial charge is 0.221 e. The molecule has 1 amide bonds. The molecule has 0 spiro atoms. The van der Waals surface area contributed by atoms with Gasteiger partial charge in [0.15, 0.2) is 0 Å². The third-order valence-electron chi connectivity index (χ3n) is 3.51. The number of benzene rings is 1. The summed E-state index contributed by atoms with van der Waals surface area (Å²) >= 11 is 0. The second-order valence-electron chi connectivity index (χ2n) is 5.09. The zero-order valence-electron chi connectivity index (χ0n) is 11.7. The van der Waals surface area contributed by atoms with Gasteiger partial charge in [0.05, 0.1) is 7.11 Å². The van der Waals surface area contributed by atoms with Crippen molar-refractivity contribution in [3.63, 3.8) is 0 Å². The second-order valence-corrected chi connectivity index (χ2v) is 5.09. The molecule has 0 saturated carbocycles. The maximum absolute atomic E-state index is 11.9. The monoisotopic (exact) mass is 262 g/mol. The Morgan fingerprint density at radius 3 is 3.05 bits per heavy atom. The van der Waals surface area contributed by atoms with Crippen LogP contribution in [0, 0.1) is 6.92 Å². The van der Waals surface area contributed by atoms with Gasteiger partial charge in [-0.15, -0.1) is 0 Å². The fraction of sp³-hybridized carbons (Fsp3) is 0.533. The van der Waals surface area contributed by atoms with Crippen LogP contribution in [-0.4, -0.2) is 25.6 Å². The third kappa shape index (κ3) is 3.96. The zero-order valence-corrected chi connectivity index (χ0v) is 11.7. The molecule has 19 heavy (non-hydrogen) atoms. The van der Waals surface area contributed by atoms with Crippen LogP contribution in [-0.2, 0) is 11.3 Å². The van der Waals surface area contributed by atoms with E-state index in [1.807, 2.05) is 25.1 Å². The maximum Gasteiger partial charge on any atom is 0.221 e. The highest BCUT2D eigenvalue weighted by atomic mass is 16.5. The summed E-state index contributed by atoms with van der Waals surface area (Å²) in [6, 6.07) is 6.34. The summed E-state index contributed by atoms with van der Waals surface area (Å²) in [6.45, 7) is 3.59. The normalized spacial score (nSPS) is 18.3. The number of methoxy groups -OCH3 is 1. The highest BCUT2D eigenvalue weighted by Crippen LogP contribution is 2.19. The van der Waals surface area contributed by atoms with Crippen LogP contribution in [0.3, 0.4) is 0 Å². The van der Waals surface area contributed by atoms with Gasteiger partial charge in [-0.05, 0) is 32.4 Å². The molecular formula is C15H22N2O2. The highest BCUT2D eigenvalue weighted by Gasteiger charge is 2.17. The first-order valence-corrected chi connectivity index (χ1v) is 6.82. The van der Waals surface area contributed by atoms with Crippen LogP contribution in [0.5, 0.6) is 5.75 Å². The van der Waals surface area contributed by atoms with E-state index in [1.165, 1.54) is 12.0 Å². The molecule has 1 aliphatic rings. The standard InChI is InChI=1S/C15H22N2O2/c1-11-5-6-14(19-2)12(8-11)10-17-15(18)9-13-4-3-7-16-13/h5-6,8,13,16H,3-4,7,9-10H2,1-2H3,(H,17,18). The highest BCUT2D eigenvalue weighted by molar-refractivity contribution is 5.76. The molecule has 1 atom stereocenters. The van der Waals surface area contributed by atoms with Crippen LogP contribution in [0.4, 0.5) is 0 Å². The first-order valence-electron chi connectivity index (χ1n) is 6.82. The molecule has 1 unspecified atom stereocenters. The van der Waals surface area contributed by atoms with Crippen LogP contribution in [0.2, 0.25) is 0 Å². The van der Waals surface area contributed by atoms with Gasteiger partial charge in [-0.2, -0.15) is 0 Å². The van der Waals surface area contributed by atoms with Crippen LogP contribution < -0.4 is 15.4 Å². The fourth-order valence-electron chi connectivity index (χ4n) is 2.47. The van der Waals surface area contributed by atoms with E-state index in [2.05, 4.69) is 10.6 Å². The topological polar surface area (TPSA) is 50.4 Å². The van der Waals surface area contributed by atoms with E-state index in [0.29, 0.717) is 19.0 Å². The summed E-state index contributed by atoms with van der Waals surface area (Å²) in [5, 5.41) is 6.30. The van der Waals surface area contributed by atoms with E-state index in [-0.39, 0.29) is 5.91 Å². The molecule has 0 bridgehead atoms. The Labute approximate surface area is 114 Å². The summed E-state index contributed by atoms with van der Waals surface area (Å²) in [5.41, 5.74) is 2.19. The predicted molar refractivity (Wildman–Crippen MR) is 75.2 cm³/mol. The Kier molecular flexibility index (Phi) is 4.80. The number of rotatable bonds is 5. The largest absolute Gasteiger partial charge is 0.496 e. The minimum Gasteiger partial charge on any atom is -0.496 e. The van der Waals surface area contributed by atoms with Gasteiger partial charge in [-0.1, -0.05) is 17.7 Å². The molecule has 1 aromatic carbocycles. The fourth-order valence-corrected chi connectivity index (χ4v) is 2.47. The number of aryl methyl sites for hydroxylation is 1. The van der Waals surface area contributed by atoms with Gasteiger partial charge in [0.2, 0.25) is 5.91 Å². The lowest BCUT2D eigenvalue weighted by Crippen LogP contribution is -2.31. The van der Waals surface area contributed by atoms with Crippen LogP contribution >= 0.6 is 0 Å². The Morgan fingerprint density at radius 2 is 2.37 bits per heavy atom. The summed E-state index contributed by atoms with van der Waals surface area (Å²) in [7, 11) is 1.65. The van der Waals surface area contributed by atoms with E-state index in [4.69, 9.17) is 4.74 Å². The average Bonchev–Trinajstić information content (AvgIpc) is 2.89. The zero-order chi connectivity index (χ0) is 13.7. The number of carbonyl (C=O) groups excluding carboxylic acids is 1. The maximum atomic E-state index is 11.9. The van der Waals surface area contributed by atoms with E-state index >= 15 is 0 Å². The molecule has 1 fully saturated rings. The molecule has 1 aromatic rings. The van der Waals surface area contributed by atoms with Gasteiger partial charge in [-0.25, -0.2) is 0 Å². The molecule has 2 rings (SSSR count). The van der Waals surface area contributed by atoms with Gasteiger partial charge >= 0.3 is 0 Å². The molecule has 1 heterocycles. The molecule has 104 valence electrons. The third-order valence-corrected chi connectivity index (χ3v) is 3.51. The summed E-state index contributed by atoms with van der Waals surface area (Å²) in [5.74, 6) is 0.924. The van der Waals surface area contributed by atoms with Crippen molar-refractivity contribution in [2.45, 2.75) is 38.8 Å². The Morgan fingerprint density at radius 1 is 1.53 bits per heavy atom. The Hall–Kier alpha value is -1.55. The first kappa shape index (κ1) is 13.9. The quantitative estimate of drug-likeness (QED) is 0.850. The van der Waals surface area contributed by atoms with Crippen molar-refractivity contribution in [1.82, 2.24) is 10.6 Å². The molecule has 2 N–H and O–H groups in total. The number of hydrogen-bond donors (Lipinski definition) is 2. The van der Waals surface area contributed by atoms with Gasteiger partial charge in [0.25, 0.3) is 0 Å². The summed E-state index contributed by atoms with van der Waals surface area (Å²) < 4.78 is 5.30. The molecule has 0 aromatic heterocycles. The van der Waals surface area contributed by atoms with Crippen LogP contribution in [0.15, 0.2) is 18.2 Å². The van der Waals surface area contributed by atoms with Crippen LogP contribution in [0.1, 0.15) is 30.4 Å². The molecule has 0 radical (unpaired) electrons. The van der Waals surface area contributed by atoms with Crippen molar-refractivity contribution in [2.75, 3.05) is 13.7 Å². The van der Waals surface area contributed by atoms with Crippen LogP contribution in [0.25, 0.3) is 0 Å². The first-order chi connectivity index (χ1) is 9.19. The number of hydrogen-bond acceptors (Lipinski definition) is 3. The predicted octanol–water partition coefficient (Wildman–Crippen LogP) is 1.76. The van der Waals surface area contributed by atoms with Gasteiger partial charge in [0, 0.05) is 24.6 Å². The van der Waals surface area contributed by atoms with Crippen molar-refractivity contribution >= 4 is 5.91 Å². The van der Waals surface area contributed by atoms with E-state index in [1.54, 1.807) is 7.11 Å². The van der Waals surface area contributed by atoms with Crippen molar-refractivity contribution in [3.8, 4) is 5.75 Å². The summed E-state index contributed by atoms with van der Waals surface area (Å²) in [6.07, 6.45) is 2.83. The number of nitrogens with one attached hydrogen (secondary N) is 2. The van der Waals surface area contributed by atoms with E-state index < -0.39 is 0 Å². The van der Waals surface area contributed by atoms with Crippen molar-refractivity contribution in [2.24, 2.45) is 0 Å². The lowest BCUT2D eigenvalue weighted by Gasteiger charge is -2.13. The minimum absolute atomic E-state index is 0.1000. The lowest BCUT2D eigenvalue weighted by atomic mass is 10.1. The van der Waals surface area contributed by atoms with Gasteiger partial charge in [0.1, 0.15) is 5.75 Å². The van der Waals surface area contributed by atoms with E-state index in [0.717, 1.165) is 24.3 Å². The number of carbonyl (C=O) groups is 1. The van der Waals surface area contributed by atoms with Gasteiger partial charge in [-0.3, -0.25) is 4.79 Å². The SMILES string of the molecule is COc1ccc(C)cc1CNC(=O)CC1CCCN1. The second kappa shape index (κ2) is 6.57. The Bertz CT molecular complexity index is 440. The molecular weight excluding hydrogens is 240 g/mol. The minimum atomic E-state index is 0.1000. The summed E-state index contributed by atoms with van der Waals surface area (Å²) in [4.78, 5) is 11.9. The molecule has 4 nitrogen and oxygen atoms in total. The molecule has 0 aliphatic carbocycles. The number of amides is 1. The van der Waals surface area contributed by atoms with Crippen molar-refractivity contribution in [1.29, 1.82) is 0 Å². The lowest BCUT2D eigenvalue weighted by molar-refractivity contribution is -0.121. The number of ether oxygens (including phenoxy) is 1. The van der Waals surface area contributed by atoms with Crippen molar-refractivity contribution < 1.29 is 9.53 Å². The Balaban J connectivity index is 1.87. The van der Waals surface area contributed by atoms with Crippen molar-refractivity contribution in [3.05, 3.63) is 29.3 Å². The molecule has 1 saturated heterocycles.